The Morgan fingerprint density at radius 1 is 1.58 bits per heavy atom. The summed E-state index contributed by atoms with van der Waals surface area (Å²) in [4.78, 5) is 18.6. The number of amides is 1. The lowest BCUT2D eigenvalue weighted by atomic mass is 10.2. The predicted octanol–water partition coefficient (Wildman–Crippen LogP) is 3.60. The Bertz CT molecular complexity index is 574. The average molecular weight is 299 g/mol. The third-order valence-electron chi connectivity index (χ3n) is 2.63. The van der Waals surface area contributed by atoms with Crippen LogP contribution in [0.3, 0.4) is 0 Å². The summed E-state index contributed by atoms with van der Waals surface area (Å²) in [7, 11) is 0. The molecule has 0 saturated carbocycles. The van der Waals surface area contributed by atoms with E-state index in [2.05, 4.69) is 4.98 Å². The molecule has 0 spiro atoms. The zero-order valence-electron chi connectivity index (χ0n) is 10.3. The van der Waals surface area contributed by atoms with E-state index in [1.165, 1.54) is 0 Å². The number of aromatic nitrogens is 1. The number of carbonyl (C=O) groups excluding carboxylic acids is 1. The number of nitrogens with zero attached hydrogens (tertiary/aromatic N) is 2. The topological polar surface area (TPSA) is 33.2 Å². The highest BCUT2D eigenvalue weighted by atomic mass is 35.5. The van der Waals surface area contributed by atoms with Crippen molar-refractivity contribution in [2.75, 3.05) is 6.54 Å². The Morgan fingerprint density at radius 3 is 3.00 bits per heavy atom. The number of hydrogen-bond acceptors (Lipinski definition) is 3. The van der Waals surface area contributed by atoms with E-state index >= 15 is 0 Å². The minimum absolute atomic E-state index is 0.0241. The zero-order valence-corrected chi connectivity index (χ0v) is 11.8. The Kier molecular flexibility index (Phi) is 4.50. The van der Waals surface area contributed by atoms with E-state index < -0.39 is 5.82 Å². The van der Waals surface area contributed by atoms with Gasteiger partial charge in [-0.25, -0.2) is 9.37 Å². The fraction of sp³-hybridized carbons (Fsp3) is 0.231. The van der Waals surface area contributed by atoms with Crippen molar-refractivity contribution in [3.8, 4) is 0 Å². The van der Waals surface area contributed by atoms with Gasteiger partial charge in [0.2, 0.25) is 0 Å². The summed E-state index contributed by atoms with van der Waals surface area (Å²) >= 11 is 7.42. The molecule has 2 aromatic rings. The second kappa shape index (κ2) is 6.12. The van der Waals surface area contributed by atoms with Crippen molar-refractivity contribution >= 4 is 28.8 Å². The van der Waals surface area contributed by atoms with Crippen molar-refractivity contribution in [1.82, 2.24) is 9.88 Å². The summed E-state index contributed by atoms with van der Waals surface area (Å²) in [5.74, 6) is -0.882. The van der Waals surface area contributed by atoms with Gasteiger partial charge in [0.1, 0.15) is 11.0 Å². The van der Waals surface area contributed by atoms with E-state index in [0.717, 1.165) is 17.1 Å². The van der Waals surface area contributed by atoms with Crippen LogP contribution in [0.25, 0.3) is 0 Å². The summed E-state index contributed by atoms with van der Waals surface area (Å²) in [6.45, 7) is 2.87. The molecule has 0 saturated heterocycles. The summed E-state index contributed by atoms with van der Waals surface area (Å²) in [6, 6.07) is 5.00. The van der Waals surface area contributed by atoms with Gasteiger partial charge in [-0.3, -0.25) is 4.79 Å². The van der Waals surface area contributed by atoms with Gasteiger partial charge in [0.25, 0.3) is 5.91 Å². The molecule has 100 valence electrons. The first-order valence-electron chi connectivity index (χ1n) is 5.74. The molecule has 0 fully saturated rings. The fourth-order valence-electron chi connectivity index (χ4n) is 1.66. The van der Waals surface area contributed by atoms with E-state index in [9.17, 15) is 9.18 Å². The van der Waals surface area contributed by atoms with Crippen LogP contribution in [0.5, 0.6) is 0 Å². The van der Waals surface area contributed by atoms with Crippen LogP contribution in [-0.2, 0) is 6.54 Å². The molecule has 2 aromatic heterocycles. The quantitative estimate of drug-likeness (QED) is 0.808. The van der Waals surface area contributed by atoms with Gasteiger partial charge >= 0.3 is 0 Å². The monoisotopic (exact) mass is 298 g/mol. The molecule has 0 aromatic carbocycles. The van der Waals surface area contributed by atoms with E-state index in [4.69, 9.17) is 11.6 Å². The summed E-state index contributed by atoms with van der Waals surface area (Å²) in [5.41, 5.74) is 0.0973. The SMILES string of the molecule is CCN(Cc1cccs1)C(=O)c1cc(F)cnc1Cl. The van der Waals surface area contributed by atoms with Gasteiger partial charge < -0.3 is 4.90 Å². The number of hydrogen-bond donors (Lipinski definition) is 0. The van der Waals surface area contributed by atoms with Gasteiger partial charge in [-0.2, -0.15) is 0 Å². The third kappa shape index (κ3) is 3.30. The van der Waals surface area contributed by atoms with E-state index in [1.54, 1.807) is 16.2 Å². The number of halogens is 2. The maximum atomic E-state index is 13.2. The van der Waals surface area contributed by atoms with Gasteiger partial charge in [0.05, 0.1) is 18.3 Å². The van der Waals surface area contributed by atoms with Gasteiger partial charge in [0.15, 0.2) is 0 Å². The molecular formula is C13H12ClFN2OS. The third-order valence-corrected chi connectivity index (χ3v) is 3.79. The van der Waals surface area contributed by atoms with E-state index in [-0.39, 0.29) is 16.6 Å². The Hall–Kier alpha value is -1.46. The van der Waals surface area contributed by atoms with Crippen molar-refractivity contribution < 1.29 is 9.18 Å². The highest BCUT2D eigenvalue weighted by Gasteiger charge is 2.19. The molecule has 19 heavy (non-hydrogen) atoms. The average Bonchev–Trinajstić information content (AvgIpc) is 2.91. The van der Waals surface area contributed by atoms with E-state index in [1.807, 2.05) is 24.4 Å². The standard InChI is InChI=1S/C13H12ClFN2OS/c1-2-17(8-10-4-3-5-19-10)13(18)11-6-9(15)7-16-12(11)14/h3-7H,2,8H2,1H3. The van der Waals surface area contributed by atoms with Crippen molar-refractivity contribution in [3.05, 3.63) is 51.2 Å². The van der Waals surface area contributed by atoms with Crippen LogP contribution >= 0.6 is 22.9 Å². The van der Waals surface area contributed by atoms with Gasteiger partial charge in [-0.05, 0) is 24.4 Å². The molecule has 0 atom stereocenters. The first kappa shape index (κ1) is 14.0. The molecule has 1 amide bonds. The smallest absolute Gasteiger partial charge is 0.257 e. The summed E-state index contributed by atoms with van der Waals surface area (Å²) in [5, 5.41) is 1.97. The van der Waals surface area contributed by atoms with Crippen LogP contribution in [0.4, 0.5) is 4.39 Å². The molecular weight excluding hydrogens is 287 g/mol. The van der Waals surface area contributed by atoms with Crippen LogP contribution in [0.1, 0.15) is 22.2 Å². The predicted molar refractivity (Wildman–Crippen MR) is 73.9 cm³/mol. The number of pyridine rings is 1. The largest absolute Gasteiger partial charge is 0.334 e. The lowest BCUT2D eigenvalue weighted by molar-refractivity contribution is 0.0753. The molecule has 2 rings (SSSR count). The lowest BCUT2D eigenvalue weighted by Gasteiger charge is -2.20. The first-order valence-corrected chi connectivity index (χ1v) is 7.00. The molecule has 0 aliphatic carbocycles. The molecule has 0 radical (unpaired) electrons. The molecule has 3 nitrogen and oxygen atoms in total. The van der Waals surface area contributed by atoms with Crippen LogP contribution in [-0.4, -0.2) is 22.3 Å². The second-order valence-corrected chi connectivity index (χ2v) is 5.28. The zero-order chi connectivity index (χ0) is 13.8. The molecule has 0 N–H and O–H groups in total. The Morgan fingerprint density at radius 2 is 2.37 bits per heavy atom. The van der Waals surface area contributed by atoms with Crippen LogP contribution in [0, 0.1) is 5.82 Å². The van der Waals surface area contributed by atoms with Crippen LogP contribution < -0.4 is 0 Å². The minimum atomic E-state index is -0.570. The molecule has 0 bridgehead atoms. The molecule has 2 heterocycles. The normalized spacial score (nSPS) is 10.5. The van der Waals surface area contributed by atoms with Gasteiger partial charge in [-0.1, -0.05) is 17.7 Å². The van der Waals surface area contributed by atoms with Crippen molar-refractivity contribution in [2.24, 2.45) is 0 Å². The molecule has 6 heteroatoms. The van der Waals surface area contributed by atoms with Crippen molar-refractivity contribution in [1.29, 1.82) is 0 Å². The number of carbonyl (C=O) groups is 1. The second-order valence-electron chi connectivity index (χ2n) is 3.89. The Labute approximate surface area is 119 Å². The summed E-state index contributed by atoms with van der Waals surface area (Å²) in [6.07, 6.45) is 0.995. The van der Waals surface area contributed by atoms with Gasteiger partial charge in [0, 0.05) is 11.4 Å². The fourth-order valence-corrected chi connectivity index (χ4v) is 2.56. The van der Waals surface area contributed by atoms with Gasteiger partial charge in [-0.15, -0.1) is 11.3 Å². The highest BCUT2D eigenvalue weighted by molar-refractivity contribution is 7.09. The highest BCUT2D eigenvalue weighted by Crippen LogP contribution is 2.19. The number of rotatable bonds is 4. The lowest BCUT2D eigenvalue weighted by Crippen LogP contribution is -2.30. The summed E-state index contributed by atoms with van der Waals surface area (Å²) < 4.78 is 13.2. The first-order chi connectivity index (χ1) is 9.11. The minimum Gasteiger partial charge on any atom is -0.334 e. The van der Waals surface area contributed by atoms with Crippen LogP contribution in [0.15, 0.2) is 29.8 Å². The maximum Gasteiger partial charge on any atom is 0.257 e. The molecule has 0 aliphatic heterocycles. The van der Waals surface area contributed by atoms with Crippen molar-refractivity contribution in [3.63, 3.8) is 0 Å². The Balaban J connectivity index is 2.23. The molecule has 0 unspecified atom stereocenters. The van der Waals surface area contributed by atoms with Crippen molar-refractivity contribution in [2.45, 2.75) is 13.5 Å². The maximum absolute atomic E-state index is 13.2. The molecule has 0 aliphatic rings. The number of thiophene rings is 1. The van der Waals surface area contributed by atoms with E-state index in [0.29, 0.717) is 13.1 Å². The van der Waals surface area contributed by atoms with Crippen LogP contribution in [0.2, 0.25) is 5.15 Å².